The molecule has 3 heteroatoms. The highest BCUT2D eigenvalue weighted by atomic mass is 32.2. The Bertz CT molecular complexity index is 220. The van der Waals surface area contributed by atoms with E-state index < -0.39 is 10.8 Å². The summed E-state index contributed by atoms with van der Waals surface area (Å²) in [6.45, 7) is 7.63. The molecule has 0 aromatic heterocycles. The summed E-state index contributed by atoms with van der Waals surface area (Å²) >= 11 is 0. The monoisotopic (exact) mass is 231 g/mol. The van der Waals surface area contributed by atoms with E-state index in [1.165, 1.54) is 19.3 Å². The summed E-state index contributed by atoms with van der Waals surface area (Å²) in [5.74, 6) is 1.65. The number of hydrogen-bond acceptors (Lipinski definition) is 2. The predicted octanol–water partition coefficient (Wildman–Crippen LogP) is 2.17. The van der Waals surface area contributed by atoms with Crippen LogP contribution in [0.5, 0.6) is 0 Å². The maximum atomic E-state index is 11.2. The first-order valence-corrected chi connectivity index (χ1v) is 7.68. The van der Waals surface area contributed by atoms with Gasteiger partial charge in [0, 0.05) is 34.9 Å². The van der Waals surface area contributed by atoms with Gasteiger partial charge < -0.3 is 5.32 Å². The summed E-state index contributed by atoms with van der Waals surface area (Å²) < 4.78 is 11.2. The molecule has 5 atom stereocenters. The van der Waals surface area contributed by atoms with Gasteiger partial charge in [0.05, 0.1) is 0 Å². The fourth-order valence-corrected chi connectivity index (χ4v) is 2.73. The second-order valence-electron chi connectivity index (χ2n) is 5.22. The zero-order chi connectivity index (χ0) is 11.4. The van der Waals surface area contributed by atoms with Crippen molar-refractivity contribution in [3.8, 4) is 0 Å². The molecule has 0 saturated heterocycles. The van der Waals surface area contributed by atoms with Crippen molar-refractivity contribution in [3.63, 3.8) is 0 Å². The highest BCUT2D eigenvalue weighted by Gasteiger charge is 2.25. The molecular formula is C12H25NOS. The lowest BCUT2D eigenvalue weighted by Gasteiger charge is -2.33. The first-order chi connectivity index (χ1) is 7.00. The Kier molecular flexibility index (Phi) is 5.27. The number of rotatable bonds is 4. The van der Waals surface area contributed by atoms with Gasteiger partial charge in [-0.25, -0.2) is 0 Å². The summed E-state index contributed by atoms with van der Waals surface area (Å²) in [6.07, 6.45) is 5.75. The predicted molar refractivity (Wildman–Crippen MR) is 67.5 cm³/mol. The topological polar surface area (TPSA) is 29.1 Å². The third kappa shape index (κ3) is 4.23. The lowest BCUT2D eigenvalue weighted by Crippen LogP contribution is -2.42. The van der Waals surface area contributed by atoms with Crippen molar-refractivity contribution >= 4 is 10.8 Å². The molecule has 0 aromatic rings. The van der Waals surface area contributed by atoms with E-state index in [-0.39, 0.29) is 5.25 Å². The lowest BCUT2D eigenvalue weighted by atomic mass is 9.80. The maximum absolute atomic E-state index is 11.2. The SMILES string of the molecule is C[C@@H]1CC[C@H](NC[C@H](C)[S@@](C)=O)[C@@H](C)C1. The Morgan fingerprint density at radius 3 is 2.60 bits per heavy atom. The van der Waals surface area contributed by atoms with Crippen LogP contribution in [0.4, 0.5) is 0 Å². The van der Waals surface area contributed by atoms with Crippen LogP contribution in [0.1, 0.15) is 40.0 Å². The van der Waals surface area contributed by atoms with E-state index in [0.29, 0.717) is 6.04 Å². The molecule has 1 fully saturated rings. The molecule has 1 N–H and O–H groups in total. The van der Waals surface area contributed by atoms with Gasteiger partial charge in [0.25, 0.3) is 0 Å². The Hall–Kier alpha value is 0.110. The van der Waals surface area contributed by atoms with E-state index >= 15 is 0 Å². The molecule has 0 aliphatic heterocycles. The van der Waals surface area contributed by atoms with Gasteiger partial charge >= 0.3 is 0 Å². The summed E-state index contributed by atoms with van der Waals surface area (Å²) in [5.41, 5.74) is 0. The molecule has 1 aliphatic carbocycles. The third-order valence-electron chi connectivity index (χ3n) is 3.67. The highest BCUT2D eigenvalue weighted by molar-refractivity contribution is 7.84. The Morgan fingerprint density at radius 2 is 2.07 bits per heavy atom. The van der Waals surface area contributed by atoms with Gasteiger partial charge in [-0.05, 0) is 38.0 Å². The Labute approximate surface area is 96.7 Å². The van der Waals surface area contributed by atoms with E-state index in [0.717, 1.165) is 18.4 Å². The standard InChI is InChI=1S/C12H25NOS/c1-9-5-6-12(10(2)7-9)13-8-11(3)15(4)14/h9-13H,5-8H2,1-4H3/t9-,10+,11+,12+,15-/m1/s1. The largest absolute Gasteiger partial charge is 0.313 e. The molecule has 2 nitrogen and oxygen atoms in total. The average molecular weight is 231 g/mol. The van der Waals surface area contributed by atoms with Crippen molar-refractivity contribution in [1.82, 2.24) is 5.32 Å². The summed E-state index contributed by atoms with van der Waals surface area (Å²) in [4.78, 5) is 0. The number of hydrogen-bond donors (Lipinski definition) is 1. The normalized spacial score (nSPS) is 36.1. The molecule has 1 aliphatic rings. The molecule has 90 valence electrons. The lowest BCUT2D eigenvalue weighted by molar-refractivity contribution is 0.229. The van der Waals surface area contributed by atoms with Crippen molar-refractivity contribution in [2.75, 3.05) is 12.8 Å². The van der Waals surface area contributed by atoms with Crippen LogP contribution in [0.15, 0.2) is 0 Å². The van der Waals surface area contributed by atoms with Gasteiger partial charge in [0.1, 0.15) is 0 Å². The van der Waals surface area contributed by atoms with Gasteiger partial charge in [0.15, 0.2) is 0 Å². The molecule has 1 rings (SSSR count). The van der Waals surface area contributed by atoms with Crippen LogP contribution in [0.25, 0.3) is 0 Å². The van der Waals surface area contributed by atoms with Gasteiger partial charge in [-0.2, -0.15) is 0 Å². The van der Waals surface area contributed by atoms with Crippen LogP contribution in [0.2, 0.25) is 0 Å². The van der Waals surface area contributed by atoms with Crippen LogP contribution in [-0.4, -0.2) is 28.3 Å². The minimum atomic E-state index is -0.695. The first-order valence-electron chi connectivity index (χ1n) is 6.06. The second-order valence-corrected chi connectivity index (χ2v) is 7.02. The van der Waals surface area contributed by atoms with Crippen LogP contribution in [-0.2, 0) is 10.8 Å². The van der Waals surface area contributed by atoms with Gasteiger partial charge in [-0.1, -0.05) is 13.8 Å². The quantitative estimate of drug-likeness (QED) is 0.803. The third-order valence-corrected chi connectivity index (χ3v) is 4.97. The summed E-state index contributed by atoms with van der Waals surface area (Å²) in [5, 5.41) is 3.85. The summed E-state index contributed by atoms with van der Waals surface area (Å²) in [7, 11) is -0.695. The van der Waals surface area contributed by atoms with Crippen molar-refractivity contribution < 1.29 is 4.21 Å². The summed E-state index contributed by atoms with van der Waals surface area (Å²) in [6, 6.07) is 0.646. The zero-order valence-corrected chi connectivity index (χ0v) is 11.3. The van der Waals surface area contributed by atoms with E-state index in [1.54, 1.807) is 6.26 Å². The molecule has 0 amide bonds. The molecule has 0 spiro atoms. The van der Waals surface area contributed by atoms with E-state index in [2.05, 4.69) is 26.1 Å². The van der Waals surface area contributed by atoms with E-state index in [1.807, 2.05) is 0 Å². The molecular weight excluding hydrogens is 206 g/mol. The van der Waals surface area contributed by atoms with Gasteiger partial charge in [-0.15, -0.1) is 0 Å². The van der Waals surface area contributed by atoms with E-state index in [9.17, 15) is 4.21 Å². The van der Waals surface area contributed by atoms with Gasteiger partial charge in [-0.3, -0.25) is 4.21 Å². The van der Waals surface area contributed by atoms with Crippen LogP contribution < -0.4 is 5.32 Å². The van der Waals surface area contributed by atoms with Crippen molar-refractivity contribution in [3.05, 3.63) is 0 Å². The minimum Gasteiger partial charge on any atom is -0.313 e. The molecule has 0 bridgehead atoms. The molecule has 0 aromatic carbocycles. The molecule has 1 saturated carbocycles. The average Bonchev–Trinajstić information content (AvgIpc) is 2.15. The molecule has 0 unspecified atom stereocenters. The van der Waals surface area contributed by atoms with Crippen molar-refractivity contribution in [2.45, 2.75) is 51.3 Å². The zero-order valence-electron chi connectivity index (χ0n) is 10.5. The highest BCUT2D eigenvalue weighted by Crippen LogP contribution is 2.28. The van der Waals surface area contributed by atoms with Crippen LogP contribution >= 0.6 is 0 Å². The van der Waals surface area contributed by atoms with Crippen molar-refractivity contribution in [2.24, 2.45) is 11.8 Å². The minimum absolute atomic E-state index is 0.275. The Balaban J connectivity index is 2.29. The van der Waals surface area contributed by atoms with E-state index in [4.69, 9.17) is 0 Å². The van der Waals surface area contributed by atoms with Gasteiger partial charge in [0.2, 0.25) is 0 Å². The second kappa shape index (κ2) is 6.00. The first kappa shape index (κ1) is 13.2. The maximum Gasteiger partial charge on any atom is 0.0441 e. The van der Waals surface area contributed by atoms with Crippen molar-refractivity contribution in [1.29, 1.82) is 0 Å². The fourth-order valence-electron chi connectivity index (χ4n) is 2.40. The smallest absolute Gasteiger partial charge is 0.0441 e. The molecule has 0 radical (unpaired) electrons. The van der Waals surface area contributed by atoms with Crippen LogP contribution in [0, 0.1) is 11.8 Å². The number of nitrogens with one attached hydrogen (secondary N) is 1. The fraction of sp³-hybridized carbons (Fsp3) is 1.00. The molecule has 0 heterocycles. The molecule has 15 heavy (non-hydrogen) atoms. The van der Waals surface area contributed by atoms with Crippen LogP contribution in [0.3, 0.4) is 0 Å². The Morgan fingerprint density at radius 1 is 1.40 bits per heavy atom.